The molecule has 0 aliphatic rings. The summed E-state index contributed by atoms with van der Waals surface area (Å²) in [7, 11) is -2.56. The van der Waals surface area contributed by atoms with Gasteiger partial charge in [0.05, 0.1) is 16.5 Å². The van der Waals surface area contributed by atoms with Gasteiger partial charge in [-0.15, -0.1) is 0 Å². The first-order chi connectivity index (χ1) is 9.21. The predicted octanol–water partition coefficient (Wildman–Crippen LogP) is 1.88. The fourth-order valence-corrected chi connectivity index (χ4v) is 3.36. The molecule has 0 aliphatic heterocycles. The molecule has 108 valence electrons. The number of carboxylic acids is 1. The van der Waals surface area contributed by atoms with E-state index in [1.54, 1.807) is 0 Å². The zero-order valence-corrected chi connectivity index (χ0v) is 12.5. The van der Waals surface area contributed by atoms with Gasteiger partial charge < -0.3 is 5.11 Å². The summed E-state index contributed by atoms with van der Waals surface area (Å²) in [5.74, 6) is -1.25. The molecule has 0 aromatic heterocycles. The van der Waals surface area contributed by atoms with E-state index in [0.29, 0.717) is 0 Å². The van der Waals surface area contributed by atoms with Gasteiger partial charge in [-0.05, 0) is 24.6 Å². The van der Waals surface area contributed by atoms with Crippen molar-refractivity contribution in [2.75, 3.05) is 13.6 Å². The molecule has 0 spiro atoms. The Balaban J connectivity index is 3.39. The molecule has 1 N–H and O–H groups in total. The van der Waals surface area contributed by atoms with Gasteiger partial charge in [-0.1, -0.05) is 11.6 Å². The molecule has 0 fully saturated rings. The molecule has 8 heteroatoms. The highest BCUT2D eigenvalue weighted by atomic mass is 35.5. The quantitative estimate of drug-likeness (QED) is 0.894. The number of nitriles is 1. The zero-order chi connectivity index (χ0) is 15.5. The van der Waals surface area contributed by atoms with Crippen LogP contribution in [0.3, 0.4) is 0 Å². The van der Waals surface area contributed by atoms with Crippen LogP contribution in [0.5, 0.6) is 0 Å². The van der Waals surface area contributed by atoms with Crippen LogP contribution in [0.2, 0.25) is 5.02 Å². The third kappa shape index (κ3) is 3.28. The summed E-state index contributed by atoms with van der Waals surface area (Å²) in [6, 6.07) is 4.26. The number of carboxylic acid groups (broad SMARTS) is 1. The molecule has 0 aliphatic carbocycles. The van der Waals surface area contributed by atoms with Crippen LogP contribution in [0.15, 0.2) is 17.0 Å². The number of nitrogens with zero attached hydrogens (tertiary/aromatic N) is 2. The van der Waals surface area contributed by atoms with Gasteiger partial charge >= 0.3 is 5.97 Å². The molecule has 0 bridgehead atoms. The first-order valence-corrected chi connectivity index (χ1v) is 7.40. The molecule has 0 atom stereocenters. The third-order valence-electron chi connectivity index (χ3n) is 2.78. The minimum atomic E-state index is -3.89. The molecular weight excluding hydrogens is 304 g/mol. The highest BCUT2D eigenvalue weighted by molar-refractivity contribution is 7.89. The Kier molecular flexibility index (Phi) is 5.11. The second kappa shape index (κ2) is 6.22. The normalized spacial score (nSPS) is 11.3. The maximum Gasteiger partial charge on any atom is 0.336 e. The Morgan fingerprint density at radius 2 is 2.10 bits per heavy atom. The van der Waals surface area contributed by atoms with Crippen LogP contribution in [0, 0.1) is 18.3 Å². The molecule has 20 heavy (non-hydrogen) atoms. The maximum absolute atomic E-state index is 12.4. The van der Waals surface area contributed by atoms with Gasteiger partial charge in [0, 0.05) is 25.0 Å². The molecule has 0 amide bonds. The molecule has 6 nitrogen and oxygen atoms in total. The predicted molar refractivity (Wildman–Crippen MR) is 73.2 cm³/mol. The van der Waals surface area contributed by atoms with Crippen LogP contribution >= 0.6 is 11.6 Å². The fraction of sp³-hybridized carbons (Fsp3) is 0.333. The third-order valence-corrected chi connectivity index (χ3v) is 4.98. The average Bonchev–Trinajstić information content (AvgIpc) is 2.37. The Bertz CT molecular complexity index is 679. The zero-order valence-electron chi connectivity index (χ0n) is 10.9. The smallest absolute Gasteiger partial charge is 0.336 e. The largest absolute Gasteiger partial charge is 0.478 e. The Morgan fingerprint density at radius 3 is 2.60 bits per heavy atom. The second-order valence-electron chi connectivity index (χ2n) is 4.12. The molecule has 1 rings (SSSR count). The van der Waals surface area contributed by atoms with Crippen molar-refractivity contribution in [3.05, 3.63) is 28.3 Å². The lowest BCUT2D eigenvalue weighted by Gasteiger charge is -2.18. The van der Waals surface area contributed by atoms with Crippen LogP contribution in [-0.2, 0) is 10.0 Å². The molecule has 0 saturated heterocycles. The Labute approximate surface area is 122 Å². The number of benzene rings is 1. The molecule has 1 aromatic carbocycles. The van der Waals surface area contributed by atoms with E-state index in [-0.39, 0.29) is 34.0 Å². The number of halogens is 1. The number of aromatic carboxylic acids is 1. The number of rotatable bonds is 5. The van der Waals surface area contributed by atoms with Crippen LogP contribution in [0.4, 0.5) is 0 Å². The van der Waals surface area contributed by atoms with Crippen LogP contribution in [-0.4, -0.2) is 37.4 Å². The number of hydrogen-bond acceptors (Lipinski definition) is 4. The Morgan fingerprint density at radius 1 is 1.50 bits per heavy atom. The SMILES string of the molecule is Cc1c(C(=O)O)cc(Cl)cc1S(=O)(=O)N(C)CCC#N. The summed E-state index contributed by atoms with van der Waals surface area (Å²) >= 11 is 5.78. The van der Waals surface area contributed by atoms with Crippen molar-refractivity contribution < 1.29 is 18.3 Å². The highest BCUT2D eigenvalue weighted by Crippen LogP contribution is 2.26. The summed E-state index contributed by atoms with van der Waals surface area (Å²) < 4.78 is 25.7. The van der Waals surface area contributed by atoms with Crippen LogP contribution < -0.4 is 0 Å². The van der Waals surface area contributed by atoms with E-state index in [1.165, 1.54) is 26.1 Å². The average molecular weight is 317 g/mol. The van der Waals surface area contributed by atoms with E-state index in [1.807, 2.05) is 6.07 Å². The minimum absolute atomic E-state index is 0.0210. The molecule has 0 unspecified atom stereocenters. The van der Waals surface area contributed by atoms with Gasteiger partial charge in [0.1, 0.15) is 0 Å². The standard InChI is InChI=1S/C12H13ClN2O4S/c1-8-10(12(16)17)6-9(13)7-11(8)20(18,19)15(2)5-3-4-14/h6-7H,3,5H2,1-2H3,(H,16,17). The van der Waals surface area contributed by atoms with E-state index in [2.05, 4.69) is 0 Å². The van der Waals surface area contributed by atoms with Crippen molar-refractivity contribution >= 4 is 27.6 Å². The number of carbonyl (C=O) groups is 1. The molecular formula is C12H13ClN2O4S. The van der Waals surface area contributed by atoms with E-state index < -0.39 is 16.0 Å². The van der Waals surface area contributed by atoms with E-state index in [4.69, 9.17) is 22.0 Å². The first kappa shape index (κ1) is 16.4. The summed E-state index contributed by atoms with van der Waals surface area (Å²) in [4.78, 5) is 10.9. The molecule has 1 aromatic rings. The van der Waals surface area contributed by atoms with Gasteiger partial charge in [-0.3, -0.25) is 0 Å². The molecule has 0 heterocycles. The van der Waals surface area contributed by atoms with Crippen LogP contribution in [0.1, 0.15) is 22.3 Å². The summed E-state index contributed by atoms with van der Waals surface area (Å²) in [6.45, 7) is 1.43. The maximum atomic E-state index is 12.4. The molecule has 0 saturated carbocycles. The van der Waals surface area contributed by atoms with Crippen molar-refractivity contribution in [2.45, 2.75) is 18.2 Å². The van der Waals surface area contributed by atoms with Gasteiger partial charge in [0.2, 0.25) is 10.0 Å². The summed E-state index contributed by atoms with van der Waals surface area (Å²) in [5.41, 5.74) is -0.0459. The number of sulfonamides is 1. The summed E-state index contributed by atoms with van der Waals surface area (Å²) in [6.07, 6.45) is 0.0428. The highest BCUT2D eigenvalue weighted by Gasteiger charge is 2.25. The fourth-order valence-electron chi connectivity index (χ4n) is 1.64. The second-order valence-corrected chi connectivity index (χ2v) is 6.57. The van der Waals surface area contributed by atoms with Gasteiger partial charge in [0.15, 0.2) is 0 Å². The van der Waals surface area contributed by atoms with E-state index in [0.717, 1.165) is 4.31 Å². The van der Waals surface area contributed by atoms with Crippen molar-refractivity contribution in [1.82, 2.24) is 4.31 Å². The molecule has 0 radical (unpaired) electrons. The van der Waals surface area contributed by atoms with Gasteiger partial charge in [-0.25, -0.2) is 13.2 Å². The Hall–Kier alpha value is -1.62. The lowest BCUT2D eigenvalue weighted by atomic mass is 10.1. The number of hydrogen-bond donors (Lipinski definition) is 1. The monoisotopic (exact) mass is 316 g/mol. The van der Waals surface area contributed by atoms with Gasteiger partial charge in [0.25, 0.3) is 0 Å². The van der Waals surface area contributed by atoms with E-state index >= 15 is 0 Å². The van der Waals surface area contributed by atoms with E-state index in [9.17, 15) is 13.2 Å². The van der Waals surface area contributed by atoms with Crippen molar-refractivity contribution in [3.63, 3.8) is 0 Å². The van der Waals surface area contributed by atoms with Crippen molar-refractivity contribution in [2.24, 2.45) is 0 Å². The van der Waals surface area contributed by atoms with Crippen molar-refractivity contribution in [3.8, 4) is 6.07 Å². The first-order valence-electron chi connectivity index (χ1n) is 5.58. The lowest BCUT2D eigenvalue weighted by Crippen LogP contribution is -2.28. The minimum Gasteiger partial charge on any atom is -0.478 e. The summed E-state index contributed by atoms with van der Waals surface area (Å²) in [5, 5.41) is 17.6. The van der Waals surface area contributed by atoms with Crippen LogP contribution in [0.25, 0.3) is 0 Å². The topological polar surface area (TPSA) is 98.5 Å². The van der Waals surface area contributed by atoms with Gasteiger partial charge in [-0.2, -0.15) is 9.57 Å². The lowest BCUT2D eigenvalue weighted by molar-refractivity contribution is 0.0696. The van der Waals surface area contributed by atoms with Crippen molar-refractivity contribution in [1.29, 1.82) is 5.26 Å².